The largest absolute Gasteiger partial charge is 0.450 e. The fourth-order valence-corrected chi connectivity index (χ4v) is 3.90. The topological polar surface area (TPSA) is 96.4 Å². The summed E-state index contributed by atoms with van der Waals surface area (Å²) in [6, 6.07) is 17.5. The van der Waals surface area contributed by atoms with Gasteiger partial charge in [-0.15, -0.1) is 0 Å². The van der Waals surface area contributed by atoms with E-state index in [1.165, 1.54) is 6.07 Å². The van der Waals surface area contributed by atoms with Crippen molar-refractivity contribution in [2.45, 2.75) is 19.0 Å². The number of aromatic nitrogens is 2. The minimum Gasteiger partial charge on any atom is -0.450 e. The van der Waals surface area contributed by atoms with Crippen molar-refractivity contribution in [2.24, 2.45) is 7.05 Å². The minimum atomic E-state index is -5.02. The van der Waals surface area contributed by atoms with Gasteiger partial charge >= 0.3 is 17.6 Å². The van der Waals surface area contributed by atoms with Crippen LogP contribution in [0.2, 0.25) is 0 Å². The van der Waals surface area contributed by atoms with Gasteiger partial charge in [0.25, 0.3) is 5.56 Å². The predicted octanol–water partition coefficient (Wildman–Crippen LogP) is 5.18. The second-order valence-electron chi connectivity index (χ2n) is 8.27. The van der Waals surface area contributed by atoms with Crippen molar-refractivity contribution in [3.8, 4) is 17.2 Å². The normalized spacial score (nSPS) is 11.4. The first kappa shape index (κ1) is 26.3. The van der Waals surface area contributed by atoms with Gasteiger partial charge in [-0.25, -0.2) is 13.8 Å². The van der Waals surface area contributed by atoms with Crippen molar-refractivity contribution in [3.05, 3.63) is 126 Å². The van der Waals surface area contributed by atoms with Crippen LogP contribution in [0, 0.1) is 15.9 Å². The van der Waals surface area contributed by atoms with E-state index in [0.717, 1.165) is 18.7 Å². The average Bonchev–Trinajstić information content (AvgIpc) is 2.87. The zero-order chi connectivity index (χ0) is 27.6. The SMILES string of the molecule is Cn1c(C(F)(F)F)cc(=O)n(-c2cc(Oc3ccccc3CCc3ccccc3)c([N+](=O)[O-])cc2F)c1=O. The van der Waals surface area contributed by atoms with Crippen molar-refractivity contribution in [2.75, 3.05) is 0 Å². The molecule has 12 heteroatoms. The lowest BCUT2D eigenvalue weighted by atomic mass is 10.0. The van der Waals surface area contributed by atoms with Gasteiger partial charge in [0.1, 0.15) is 11.4 Å². The molecule has 196 valence electrons. The summed E-state index contributed by atoms with van der Waals surface area (Å²) in [7, 11) is 0.769. The van der Waals surface area contributed by atoms with E-state index in [4.69, 9.17) is 4.74 Å². The van der Waals surface area contributed by atoms with Gasteiger partial charge in [-0.05, 0) is 30.0 Å². The molecule has 0 saturated carbocycles. The number of nitro benzene ring substituents is 1. The van der Waals surface area contributed by atoms with Crippen molar-refractivity contribution in [1.29, 1.82) is 0 Å². The second kappa shape index (κ2) is 10.3. The first-order valence-electron chi connectivity index (χ1n) is 11.2. The summed E-state index contributed by atoms with van der Waals surface area (Å²) in [5.74, 6) is -1.68. The highest BCUT2D eigenvalue weighted by molar-refractivity contribution is 5.56. The number of nitrogens with zero attached hydrogens (tertiary/aromatic N) is 3. The van der Waals surface area contributed by atoms with Gasteiger partial charge in [-0.1, -0.05) is 48.5 Å². The number of rotatable bonds is 7. The maximum atomic E-state index is 14.9. The van der Waals surface area contributed by atoms with Crippen molar-refractivity contribution in [1.82, 2.24) is 9.13 Å². The van der Waals surface area contributed by atoms with Gasteiger partial charge in [-0.3, -0.25) is 19.5 Å². The molecule has 0 amide bonds. The van der Waals surface area contributed by atoms with Crippen LogP contribution < -0.4 is 16.0 Å². The monoisotopic (exact) mass is 529 g/mol. The number of para-hydroxylation sites is 1. The number of hydrogen-bond donors (Lipinski definition) is 0. The molecule has 4 aromatic rings. The average molecular weight is 529 g/mol. The third-order valence-electron chi connectivity index (χ3n) is 5.79. The molecule has 0 aliphatic heterocycles. The lowest BCUT2D eigenvalue weighted by molar-refractivity contribution is -0.385. The number of hydrogen-bond acceptors (Lipinski definition) is 5. The Morgan fingerprint density at radius 2 is 1.58 bits per heavy atom. The highest BCUT2D eigenvalue weighted by Gasteiger charge is 2.35. The fourth-order valence-electron chi connectivity index (χ4n) is 3.90. The van der Waals surface area contributed by atoms with Crippen LogP contribution >= 0.6 is 0 Å². The van der Waals surface area contributed by atoms with Gasteiger partial charge in [0.05, 0.1) is 16.7 Å². The van der Waals surface area contributed by atoms with Crippen LogP contribution in [-0.2, 0) is 26.1 Å². The Hall–Kier alpha value is -4.74. The number of ether oxygens (including phenoxy) is 1. The van der Waals surface area contributed by atoms with Gasteiger partial charge < -0.3 is 4.74 Å². The van der Waals surface area contributed by atoms with E-state index < -0.39 is 51.0 Å². The molecular formula is C26H19F4N3O5. The van der Waals surface area contributed by atoms with E-state index in [1.54, 1.807) is 18.2 Å². The molecule has 0 atom stereocenters. The fraction of sp³-hybridized carbons (Fsp3) is 0.154. The van der Waals surface area contributed by atoms with Crippen LogP contribution in [0.3, 0.4) is 0 Å². The number of halogens is 4. The lowest BCUT2D eigenvalue weighted by Gasteiger charge is -2.16. The highest BCUT2D eigenvalue weighted by Crippen LogP contribution is 2.36. The quantitative estimate of drug-likeness (QED) is 0.187. The molecule has 0 radical (unpaired) electrons. The zero-order valence-corrected chi connectivity index (χ0v) is 19.7. The first-order valence-corrected chi connectivity index (χ1v) is 11.2. The standard InChI is InChI=1S/C26H19F4N3O5/c1-31-23(26(28,29)30)15-24(34)32(25(31)35)19-14-22(20(33(36)37)13-18(19)27)38-21-10-6-5-9-17(21)12-11-16-7-3-2-4-8-16/h2-10,13-15H,11-12H2,1H3. The molecule has 0 bridgehead atoms. The zero-order valence-electron chi connectivity index (χ0n) is 19.7. The molecule has 1 heterocycles. The summed E-state index contributed by atoms with van der Waals surface area (Å²) in [5.41, 5.74) is -4.40. The molecule has 8 nitrogen and oxygen atoms in total. The van der Waals surface area contributed by atoms with E-state index in [-0.39, 0.29) is 21.0 Å². The van der Waals surface area contributed by atoms with Crippen molar-refractivity contribution >= 4 is 5.69 Å². The number of benzene rings is 3. The molecule has 0 spiro atoms. The van der Waals surface area contributed by atoms with Gasteiger partial charge in [0, 0.05) is 19.2 Å². The second-order valence-corrected chi connectivity index (χ2v) is 8.27. The Labute approximate surface area is 212 Å². The van der Waals surface area contributed by atoms with Crippen LogP contribution in [0.5, 0.6) is 11.5 Å². The summed E-state index contributed by atoms with van der Waals surface area (Å²) < 4.78 is 60.6. The van der Waals surface area contributed by atoms with Crippen LogP contribution in [0.15, 0.2) is 82.4 Å². The van der Waals surface area contributed by atoms with Crippen LogP contribution in [0.1, 0.15) is 16.8 Å². The Kier molecular flexibility index (Phi) is 7.15. The minimum absolute atomic E-state index is 0.141. The van der Waals surface area contributed by atoms with Crippen LogP contribution in [0.25, 0.3) is 5.69 Å². The Bertz CT molecular complexity index is 1630. The van der Waals surface area contributed by atoms with E-state index >= 15 is 0 Å². The number of aryl methyl sites for hydroxylation is 2. The molecule has 3 aromatic carbocycles. The molecule has 0 fully saturated rings. The third-order valence-corrected chi connectivity index (χ3v) is 5.79. The molecule has 0 unspecified atom stereocenters. The molecule has 1 aromatic heterocycles. The predicted molar refractivity (Wildman–Crippen MR) is 129 cm³/mol. The molecule has 0 aliphatic carbocycles. The van der Waals surface area contributed by atoms with Crippen LogP contribution in [0.4, 0.5) is 23.2 Å². The van der Waals surface area contributed by atoms with E-state index in [1.807, 2.05) is 30.3 Å². The van der Waals surface area contributed by atoms with Gasteiger partial charge in [0.15, 0.2) is 5.82 Å². The molecule has 0 aliphatic rings. The molecular weight excluding hydrogens is 510 g/mol. The Morgan fingerprint density at radius 1 is 0.921 bits per heavy atom. The summed E-state index contributed by atoms with van der Waals surface area (Å²) in [6.07, 6.45) is -3.91. The molecule has 4 rings (SSSR count). The Morgan fingerprint density at radius 3 is 2.24 bits per heavy atom. The maximum Gasteiger partial charge on any atom is 0.431 e. The van der Waals surface area contributed by atoms with E-state index in [0.29, 0.717) is 24.5 Å². The number of nitro groups is 1. The Balaban J connectivity index is 1.80. The molecule has 0 N–H and O–H groups in total. The van der Waals surface area contributed by atoms with Gasteiger partial charge in [-0.2, -0.15) is 13.2 Å². The van der Waals surface area contributed by atoms with Crippen molar-refractivity contribution in [3.63, 3.8) is 0 Å². The molecule has 38 heavy (non-hydrogen) atoms. The lowest BCUT2D eigenvalue weighted by Crippen LogP contribution is -2.41. The molecule has 0 saturated heterocycles. The van der Waals surface area contributed by atoms with Crippen LogP contribution in [-0.4, -0.2) is 14.1 Å². The highest BCUT2D eigenvalue weighted by atomic mass is 19.4. The third kappa shape index (κ3) is 5.33. The summed E-state index contributed by atoms with van der Waals surface area (Å²) in [5, 5.41) is 11.7. The smallest absolute Gasteiger partial charge is 0.431 e. The first-order chi connectivity index (χ1) is 18.0. The summed E-state index contributed by atoms with van der Waals surface area (Å²) >= 11 is 0. The van der Waals surface area contributed by atoms with E-state index in [2.05, 4.69) is 0 Å². The van der Waals surface area contributed by atoms with Gasteiger partial charge in [0.2, 0.25) is 5.75 Å². The summed E-state index contributed by atoms with van der Waals surface area (Å²) in [6.45, 7) is 0. The van der Waals surface area contributed by atoms with E-state index in [9.17, 15) is 37.3 Å². The van der Waals surface area contributed by atoms with Crippen molar-refractivity contribution < 1.29 is 27.2 Å². The summed E-state index contributed by atoms with van der Waals surface area (Å²) in [4.78, 5) is 35.9. The maximum absolute atomic E-state index is 14.9. The number of alkyl halides is 3.